The van der Waals surface area contributed by atoms with Crippen LogP contribution in [-0.4, -0.2) is 41.0 Å². The molecule has 0 N–H and O–H groups in total. The summed E-state index contributed by atoms with van der Waals surface area (Å²) >= 11 is 0. The third-order valence-electron chi connectivity index (χ3n) is 1.91. The smallest absolute Gasteiger partial charge is 0.155 e. The normalized spacial score (nSPS) is 12.0. The fourth-order valence-electron chi connectivity index (χ4n) is 1.35. The van der Waals surface area contributed by atoms with Gasteiger partial charge in [-0.05, 0) is 13.8 Å². The van der Waals surface area contributed by atoms with E-state index in [1.807, 2.05) is 13.8 Å². The summed E-state index contributed by atoms with van der Waals surface area (Å²) in [7, 11) is -3.27. The van der Waals surface area contributed by atoms with Crippen LogP contribution < -0.4 is 0 Å². The van der Waals surface area contributed by atoms with Crippen LogP contribution in [0.1, 0.15) is 25.7 Å². The number of carbonyl (C=O) groups is 1. The Morgan fingerprint density at radius 3 is 2.62 bits per heavy atom. The van der Waals surface area contributed by atoms with E-state index in [1.54, 1.807) is 4.68 Å². The van der Waals surface area contributed by atoms with E-state index in [-0.39, 0.29) is 18.2 Å². The molecule has 0 aliphatic carbocycles. The number of carbonyl (C=O) groups excluding carboxylic acids is 1. The fourth-order valence-corrected chi connectivity index (χ4v) is 2.04. The number of hydrogen-bond donors (Lipinski definition) is 0. The molecular formula is C9H15N3O3S. The standard InChI is InChI=1S/C9H15N3O3S/c1-7(2)12-9(10-6-11-12)4-8(13)5-16(3,14)15/h6-7H,4-5H2,1-3H3. The molecule has 0 unspecified atom stereocenters. The lowest BCUT2D eigenvalue weighted by Crippen LogP contribution is -2.19. The predicted molar refractivity (Wildman–Crippen MR) is 58.8 cm³/mol. The first-order valence-electron chi connectivity index (χ1n) is 4.87. The lowest BCUT2D eigenvalue weighted by atomic mass is 10.3. The first-order valence-corrected chi connectivity index (χ1v) is 6.93. The van der Waals surface area contributed by atoms with E-state index in [2.05, 4.69) is 10.1 Å². The molecule has 0 aliphatic heterocycles. The minimum absolute atomic E-state index is 0.00521. The molecule has 1 aromatic rings. The van der Waals surface area contributed by atoms with Crippen molar-refractivity contribution in [3.63, 3.8) is 0 Å². The van der Waals surface area contributed by atoms with Crippen molar-refractivity contribution in [1.29, 1.82) is 0 Å². The van der Waals surface area contributed by atoms with Gasteiger partial charge in [-0.15, -0.1) is 0 Å². The van der Waals surface area contributed by atoms with E-state index >= 15 is 0 Å². The molecule has 0 bridgehead atoms. The van der Waals surface area contributed by atoms with Crippen LogP contribution in [0.2, 0.25) is 0 Å². The van der Waals surface area contributed by atoms with Crippen molar-refractivity contribution in [2.24, 2.45) is 0 Å². The van der Waals surface area contributed by atoms with Gasteiger partial charge in [0.15, 0.2) is 15.6 Å². The Bertz CT molecular complexity index is 476. The first kappa shape index (κ1) is 12.8. The maximum absolute atomic E-state index is 11.4. The Hall–Kier alpha value is -1.24. The summed E-state index contributed by atoms with van der Waals surface area (Å²) in [5.41, 5.74) is 0. The molecule has 16 heavy (non-hydrogen) atoms. The van der Waals surface area contributed by atoms with Gasteiger partial charge in [0.25, 0.3) is 0 Å². The van der Waals surface area contributed by atoms with E-state index in [4.69, 9.17) is 0 Å². The second-order valence-electron chi connectivity index (χ2n) is 4.00. The fraction of sp³-hybridized carbons (Fsp3) is 0.667. The van der Waals surface area contributed by atoms with Crippen LogP contribution in [0.25, 0.3) is 0 Å². The molecule has 1 rings (SSSR count). The summed E-state index contributed by atoms with van der Waals surface area (Å²) in [5.74, 6) is -0.307. The summed E-state index contributed by atoms with van der Waals surface area (Å²) in [4.78, 5) is 15.4. The number of nitrogens with zero attached hydrogens (tertiary/aromatic N) is 3. The predicted octanol–water partition coefficient (Wildman–Crippen LogP) is 0.0152. The Morgan fingerprint density at radius 1 is 1.50 bits per heavy atom. The zero-order valence-electron chi connectivity index (χ0n) is 9.54. The van der Waals surface area contributed by atoms with E-state index in [0.717, 1.165) is 6.26 Å². The van der Waals surface area contributed by atoms with Gasteiger partial charge >= 0.3 is 0 Å². The van der Waals surface area contributed by atoms with Crippen LogP contribution in [0.15, 0.2) is 6.33 Å². The third-order valence-corrected chi connectivity index (χ3v) is 2.76. The molecule has 0 aliphatic rings. The summed E-state index contributed by atoms with van der Waals surface area (Å²) in [6, 6.07) is 0.100. The average molecular weight is 245 g/mol. The quantitative estimate of drug-likeness (QED) is 0.730. The second kappa shape index (κ2) is 4.73. The zero-order valence-corrected chi connectivity index (χ0v) is 10.4. The zero-order chi connectivity index (χ0) is 12.3. The van der Waals surface area contributed by atoms with Gasteiger partial charge in [0.1, 0.15) is 17.9 Å². The Balaban J connectivity index is 2.74. The van der Waals surface area contributed by atoms with Gasteiger partial charge in [0.05, 0.1) is 6.42 Å². The maximum Gasteiger partial charge on any atom is 0.155 e. The largest absolute Gasteiger partial charge is 0.298 e. The second-order valence-corrected chi connectivity index (χ2v) is 6.14. The van der Waals surface area contributed by atoms with E-state index in [0.29, 0.717) is 5.82 Å². The minimum atomic E-state index is -3.27. The first-order chi connectivity index (χ1) is 7.29. The molecule has 0 spiro atoms. The summed E-state index contributed by atoms with van der Waals surface area (Å²) in [6.07, 6.45) is 2.41. The number of rotatable bonds is 5. The van der Waals surface area contributed by atoms with Crippen molar-refractivity contribution in [2.45, 2.75) is 26.3 Å². The van der Waals surface area contributed by atoms with Crippen molar-refractivity contribution in [3.8, 4) is 0 Å². The Labute approximate surface area is 94.6 Å². The Kier molecular flexibility index (Phi) is 3.79. The third kappa shape index (κ3) is 3.73. The van der Waals surface area contributed by atoms with Crippen molar-refractivity contribution >= 4 is 15.6 Å². The molecule has 0 radical (unpaired) electrons. The van der Waals surface area contributed by atoms with Gasteiger partial charge in [-0.25, -0.2) is 18.1 Å². The van der Waals surface area contributed by atoms with Gasteiger partial charge in [0.2, 0.25) is 0 Å². The van der Waals surface area contributed by atoms with Crippen molar-refractivity contribution in [2.75, 3.05) is 12.0 Å². The van der Waals surface area contributed by atoms with Crippen LogP contribution in [-0.2, 0) is 21.1 Å². The van der Waals surface area contributed by atoms with Gasteiger partial charge in [-0.1, -0.05) is 0 Å². The number of hydrogen-bond acceptors (Lipinski definition) is 5. The van der Waals surface area contributed by atoms with Crippen LogP contribution in [0.4, 0.5) is 0 Å². The monoisotopic (exact) mass is 245 g/mol. The van der Waals surface area contributed by atoms with E-state index < -0.39 is 15.6 Å². The van der Waals surface area contributed by atoms with Crippen LogP contribution in [0.3, 0.4) is 0 Å². The van der Waals surface area contributed by atoms with Crippen LogP contribution >= 0.6 is 0 Å². The summed E-state index contributed by atoms with van der Waals surface area (Å²) < 4.78 is 23.5. The molecule has 6 nitrogen and oxygen atoms in total. The molecule has 1 heterocycles. The highest BCUT2D eigenvalue weighted by atomic mass is 32.2. The van der Waals surface area contributed by atoms with Crippen molar-refractivity contribution < 1.29 is 13.2 Å². The molecule has 90 valence electrons. The maximum atomic E-state index is 11.4. The number of sulfone groups is 1. The molecule has 1 aromatic heterocycles. The molecule has 0 saturated carbocycles. The topological polar surface area (TPSA) is 81.9 Å². The molecule has 0 aromatic carbocycles. The van der Waals surface area contributed by atoms with Gasteiger partial charge in [0, 0.05) is 12.3 Å². The van der Waals surface area contributed by atoms with Crippen molar-refractivity contribution in [3.05, 3.63) is 12.2 Å². The highest BCUT2D eigenvalue weighted by Gasteiger charge is 2.15. The van der Waals surface area contributed by atoms with E-state index in [9.17, 15) is 13.2 Å². The van der Waals surface area contributed by atoms with Crippen LogP contribution in [0, 0.1) is 0 Å². The highest BCUT2D eigenvalue weighted by molar-refractivity contribution is 7.91. The molecule has 0 saturated heterocycles. The molecule has 7 heteroatoms. The Morgan fingerprint density at radius 2 is 2.12 bits per heavy atom. The molecule has 0 atom stereocenters. The van der Waals surface area contributed by atoms with Gasteiger partial charge < -0.3 is 0 Å². The molecular weight excluding hydrogens is 230 g/mol. The van der Waals surface area contributed by atoms with Gasteiger partial charge in [-0.3, -0.25) is 4.79 Å². The molecule has 0 fully saturated rings. The molecule has 0 amide bonds. The SMILES string of the molecule is CC(C)n1ncnc1CC(=O)CS(C)(=O)=O. The number of aromatic nitrogens is 3. The number of Topliss-reactive ketones (excluding diaryl/α,β-unsaturated/α-hetero) is 1. The van der Waals surface area contributed by atoms with Crippen molar-refractivity contribution in [1.82, 2.24) is 14.8 Å². The average Bonchev–Trinajstić information content (AvgIpc) is 2.47. The summed E-state index contributed by atoms with van der Waals surface area (Å²) in [6.45, 7) is 3.83. The lowest BCUT2D eigenvalue weighted by molar-refractivity contribution is -0.116. The number of ketones is 1. The van der Waals surface area contributed by atoms with E-state index in [1.165, 1.54) is 6.33 Å². The minimum Gasteiger partial charge on any atom is -0.298 e. The highest BCUT2D eigenvalue weighted by Crippen LogP contribution is 2.06. The lowest BCUT2D eigenvalue weighted by Gasteiger charge is -2.08. The van der Waals surface area contributed by atoms with Gasteiger partial charge in [-0.2, -0.15) is 5.10 Å². The van der Waals surface area contributed by atoms with Crippen LogP contribution in [0.5, 0.6) is 0 Å². The summed E-state index contributed by atoms with van der Waals surface area (Å²) in [5, 5.41) is 3.97.